The van der Waals surface area contributed by atoms with Crippen molar-refractivity contribution in [2.24, 2.45) is 5.92 Å². The van der Waals surface area contributed by atoms with Crippen molar-refractivity contribution < 1.29 is 9.59 Å². The Hall–Kier alpha value is -3.52. The lowest BCUT2D eigenvalue weighted by molar-refractivity contribution is -0.123. The van der Waals surface area contributed by atoms with Gasteiger partial charge < -0.3 is 4.90 Å². The molecule has 0 radical (unpaired) electrons. The maximum Gasteiger partial charge on any atom is 0.253 e. The molecule has 0 unspecified atom stereocenters. The van der Waals surface area contributed by atoms with Gasteiger partial charge in [-0.1, -0.05) is 29.5 Å². The van der Waals surface area contributed by atoms with Crippen molar-refractivity contribution in [1.82, 2.24) is 25.1 Å². The van der Waals surface area contributed by atoms with Crippen LogP contribution in [0.2, 0.25) is 0 Å². The standard InChI is InChI=1S/C25H23N5O2S/c1-16-28-29-24(33-16)22-12-19-11-21(26-14-20(19)15-27-22)13-23(31)17-7-9-30(10-8-17)25(32)18-5-3-2-4-6-18/h2-6,11-12,14-15,17H,7-10,13H2,1H3. The summed E-state index contributed by atoms with van der Waals surface area (Å²) in [6.07, 6.45) is 5.22. The maximum absolute atomic E-state index is 13.0. The van der Waals surface area contributed by atoms with E-state index in [0.29, 0.717) is 37.9 Å². The number of hydrogen-bond acceptors (Lipinski definition) is 7. The molecule has 33 heavy (non-hydrogen) atoms. The van der Waals surface area contributed by atoms with Gasteiger partial charge in [0.15, 0.2) is 5.01 Å². The van der Waals surface area contributed by atoms with E-state index in [1.54, 1.807) is 12.4 Å². The van der Waals surface area contributed by atoms with Crippen LogP contribution in [0.25, 0.3) is 21.5 Å². The molecule has 0 spiro atoms. The molecule has 4 heterocycles. The van der Waals surface area contributed by atoms with E-state index in [-0.39, 0.29) is 17.6 Å². The van der Waals surface area contributed by atoms with Gasteiger partial charge in [-0.3, -0.25) is 19.6 Å². The number of carbonyl (C=O) groups excluding carboxylic acids is 2. The van der Waals surface area contributed by atoms with E-state index < -0.39 is 0 Å². The van der Waals surface area contributed by atoms with Crippen molar-refractivity contribution >= 4 is 33.8 Å². The van der Waals surface area contributed by atoms with Gasteiger partial charge in [-0.25, -0.2) is 0 Å². The SMILES string of the molecule is Cc1nnc(-c2cc3cc(CC(=O)C4CCN(C(=O)c5ccccc5)CC4)ncc3cn2)s1. The van der Waals surface area contributed by atoms with Crippen LogP contribution in [0.5, 0.6) is 0 Å². The van der Waals surface area contributed by atoms with E-state index in [4.69, 9.17) is 0 Å². The number of ketones is 1. The zero-order valence-corrected chi connectivity index (χ0v) is 19.1. The van der Waals surface area contributed by atoms with Gasteiger partial charge in [-0.2, -0.15) is 0 Å². The highest BCUT2D eigenvalue weighted by atomic mass is 32.1. The van der Waals surface area contributed by atoms with Crippen molar-refractivity contribution in [3.63, 3.8) is 0 Å². The van der Waals surface area contributed by atoms with Crippen molar-refractivity contribution in [1.29, 1.82) is 0 Å². The summed E-state index contributed by atoms with van der Waals surface area (Å²) in [7, 11) is 0. The Bertz CT molecular complexity index is 1310. The lowest BCUT2D eigenvalue weighted by Gasteiger charge is -2.31. The highest BCUT2D eigenvalue weighted by Gasteiger charge is 2.28. The minimum Gasteiger partial charge on any atom is -0.339 e. The number of aryl methyl sites for hydroxylation is 1. The summed E-state index contributed by atoms with van der Waals surface area (Å²) < 4.78 is 0. The number of piperidine rings is 1. The molecule has 0 atom stereocenters. The fraction of sp³-hybridized carbons (Fsp3) is 0.280. The van der Waals surface area contributed by atoms with Crippen LogP contribution >= 0.6 is 11.3 Å². The highest BCUT2D eigenvalue weighted by Crippen LogP contribution is 2.26. The second-order valence-electron chi connectivity index (χ2n) is 8.29. The largest absolute Gasteiger partial charge is 0.339 e. The summed E-state index contributed by atoms with van der Waals surface area (Å²) in [5.41, 5.74) is 2.22. The van der Waals surface area contributed by atoms with Crippen LogP contribution in [0.4, 0.5) is 0 Å². The molecule has 0 aliphatic carbocycles. The molecule has 0 bridgehead atoms. The predicted octanol–water partition coefficient (Wildman–Crippen LogP) is 4.12. The van der Waals surface area contributed by atoms with Crippen molar-refractivity contribution in [3.8, 4) is 10.7 Å². The molecule has 1 aliphatic heterocycles. The van der Waals surface area contributed by atoms with E-state index in [1.807, 2.05) is 54.3 Å². The van der Waals surface area contributed by atoms with E-state index in [1.165, 1.54) is 11.3 Å². The van der Waals surface area contributed by atoms with Crippen LogP contribution in [0.15, 0.2) is 54.9 Å². The van der Waals surface area contributed by atoms with Gasteiger partial charge in [0.2, 0.25) is 0 Å². The summed E-state index contributed by atoms with van der Waals surface area (Å²) in [5, 5.41) is 11.8. The Morgan fingerprint density at radius 2 is 1.76 bits per heavy atom. The number of amides is 1. The molecule has 7 nitrogen and oxygen atoms in total. The van der Waals surface area contributed by atoms with Gasteiger partial charge in [0.05, 0.1) is 0 Å². The number of hydrogen-bond donors (Lipinski definition) is 0. The van der Waals surface area contributed by atoms with Crippen LogP contribution in [0.1, 0.15) is 33.9 Å². The molecule has 4 aromatic rings. The van der Waals surface area contributed by atoms with Crippen molar-refractivity contribution in [2.75, 3.05) is 13.1 Å². The molecule has 1 amide bonds. The van der Waals surface area contributed by atoms with Gasteiger partial charge in [-0.05, 0) is 49.4 Å². The molecule has 5 rings (SSSR count). The van der Waals surface area contributed by atoms with Crippen LogP contribution in [0.3, 0.4) is 0 Å². The zero-order valence-electron chi connectivity index (χ0n) is 18.3. The normalized spacial score (nSPS) is 14.5. The van der Waals surface area contributed by atoms with Gasteiger partial charge in [0, 0.05) is 54.5 Å². The van der Waals surface area contributed by atoms with Crippen LogP contribution in [0, 0.1) is 12.8 Å². The summed E-state index contributed by atoms with van der Waals surface area (Å²) in [6, 6.07) is 13.2. The number of aromatic nitrogens is 4. The number of likely N-dealkylation sites (tertiary alicyclic amines) is 1. The first-order valence-corrected chi connectivity index (χ1v) is 11.8. The second kappa shape index (κ2) is 9.15. The monoisotopic (exact) mass is 457 g/mol. The molecular weight excluding hydrogens is 434 g/mol. The zero-order chi connectivity index (χ0) is 22.8. The van der Waals surface area contributed by atoms with Gasteiger partial charge in [0.1, 0.15) is 16.5 Å². The van der Waals surface area contributed by atoms with Crippen LogP contribution < -0.4 is 0 Å². The predicted molar refractivity (Wildman–Crippen MR) is 127 cm³/mol. The minimum absolute atomic E-state index is 0.0349. The van der Waals surface area contributed by atoms with Gasteiger partial charge in [0.25, 0.3) is 5.91 Å². The smallest absolute Gasteiger partial charge is 0.253 e. The number of rotatable bonds is 5. The molecule has 0 saturated carbocycles. The van der Waals surface area contributed by atoms with E-state index in [9.17, 15) is 9.59 Å². The summed E-state index contributed by atoms with van der Waals surface area (Å²) in [4.78, 5) is 36.4. The van der Waals surface area contributed by atoms with Crippen molar-refractivity contribution in [2.45, 2.75) is 26.2 Å². The molecule has 1 fully saturated rings. The molecule has 3 aromatic heterocycles. The number of benzene rings is 1. The molecule has 1 saturated heterocycles. The summed E-state index contributed by atoms with van der Waals surface area (Å²) in [6.45, 7) is 3.12. The van der Waals surface area contributed by atoms with E-state index in [0.717, 1.165) is 32.2 Å². The third kappa shape index (κ3) is 4.66. The van der Waals surface area contributed by atoms with E-state index in [2.05, 4.69) is 20.2 Å². The topological polar surface area (TPSA) is 88.9 Å². The van der Waals surface area contributed by atoms with Gasteiger partial charge in [-0.15, -0.1) is 10.2 Å². The Morgan fingerprint density at radius 1 is 1.00 bits per heavy atom. The summed E-state index contributed by atoms with van der Waals surface area (Å²) in [5.74, 6) is 0.176. The van der Waals surface area contributed by atoms with Crippen LogP contribution in [-0.2, 0) is 11.2 Å². The van der Waals surface area contributed by atoms with Gasteiger partial charge >= 0.3 is 0 Å². The number of Topliss-reactive ketones (excluding diaryl/α,β-unsaturated/α-hetero) is 1. The second-order valence-corrected chi connectivity index (χ2v) is 9.48. The van der Waals surface area contributed by atoms with E-state index >= 15 is 0 Å². The average molecular weight is 458 g/mol. The molecule has 166 valence electrons. The molecule has 1 aromatic carbocycles. The molecule has 0 N–H and O–H groups in total. The fourth-order valence-corrected chi connectivity index (χ4v) is 4.85. The Balaban J connectivity index is 1.24. The number of nitrogens with zero attached hydrogens (tertiary/aromatic N) is 5. The fourth-order valence-electron chi connectivity index (χ4n) is 4.19. The first kappa shape index (κ1) is 21.3. The maximum atomic E-state index is 13.0. The Kier molecular flexibility index (Phi) is 5.92. The third-order valence-electron chi connectivity index (χ3n) is 6.02. The lowest BCUT2D eigenvalue weighted by atomic mass is 9.90. The molecule has 8 heteroatoms. The lowest BCUT2D eigenvalue weighted by Crippen LogP contribution is -2.40. The first-order chi connectivity index (χ1) is 16.1. The third-order valence-corrected chi connectivity index (χ3v) is 6.88. The Labute approximate surface area is 195 Å². The number of carbonyl (C=O) groups is 2. The Morgan fingerprint density at radius 3 is 2.48 bits per heavy atom. The van der Waals surface area contributed by atoms with Crippen molar-refractivity contribution in [3.05, 3.63) is 71.1 Å². The highest BCUT2D eigenvalue weighted by molar-refractivity contribution is 7.14. The summed E-state index contributed by atoms with van der Waals surface area (Å²) >= 11 is 1.50. The van der Waals surface area contributed by atoms with Crippen LogP contribution in [-0.4, -0.2) is 49.8 Å². The quantitative estimate of drug-likeness (QED) is 0.448. The molecule has 1 aliphatic rings. The number of fused-ring (bicyclic) bond motifs is 1. The molecular formula is C25H23N5O2S. The first-order valence-electron chi connectivity index (χ1n) is 11.0. The number of pyridine rings is 2. The average Bonchev–Trinajstić information content (AvgIpc) is 3.30. The minimum atomic E-state index is -0.0420.